The van der Waals surface area contributed by atoms with Gasteiger partial charge in [0.25, 0.3) is 5.91 Å². The van der Waals surface area contributed by atoms with Crippen LogP contribution in [0.5, 0.6) is 5.75 Å². The van der Waals surface area contributed by atoms with Gasteiger partial charge in [0.2, 0.25) is 0 Å². The summed E-state index contributed by atoms with van der Waals surface area (Å²) in [6.45, 7) is 3.16. The van der Waals surface area contributed by atoms with Gasteiger partial charge in [0.1, 0.15) is 5.69 Å². The molecule has 0 spiro atoms. The Morgan fingerprint density at radius 1 is 1.43 bits per heavy atom. The monoisotopic (exact) mass is 335 g/mol. The number of nitrogens with one attached hydrogen (secondary N) is 1. The smallest absolute Gasteiger partial charge is 0.271 e. The molecule has 1 atom stereocenters. The summed E-state index contributed by atoms with van der Waals surface area (Å²) in [6, 6.07) is 3.41. The van der Waals surface area contributed by atoms with Crippen LogP contribution in [-0.4, -0.2) is 48.0 Å². The molecule has 1 aromatic carbocycles. The maximum Gasteiger partial charge on any atom is 0.271 e. The number of amides is 1. The van der Waals surface area contributed by atoms with Crippen molar-refractivity contribution in [2.75, 3.05) is 26.7 Å². The molecule has 0 saturated carbocycles. The molecule has 0 unspecified atom stereocenters. The van der Waals surface area contributed by atoms with E-state index in [4.69, 9.17) is 4.74 Å². The van der Waals surface area contributed by atoms with E-state index in [9.17, 15) is 9.18 Å². The molecule has 3 aliphatic heterocycles. The molecule has 2 aromatic rings. The minimum absolute atomic E-state index is 0.171. The van der Waals surface area contributed by atoms with Crippen molar-refractivity contribution in [3.63, 3.8) is 0 Å². The summed E-state index contributed by atoms with van der Waals surface area (Å²) in [5.74, 6) is 0.0557. The molecular weight excluding hydrogens is 317 g/mol. The zero-order chi connectivity index (χ0) is 16.0. The van der Waals surface area contributed by atoms with Crippen molar-refractivity contribution in [1.82, 2.24) is 14.6 Å². The lowest BCUT2D eigenvalue weighted by molar-refractivity contribution is 0.0619. The third-order valence-electron chi connectivity index (χ3n) is 4.95. The lowest BCUT2D eigenvalue weighted by atomic mass is 9.84. The Hall–Kier alpha value is -1.73. The summed E-state index contributed by atoms with van der Waals surface area (Å²) >= 11 is 1.000. The maximum absolute atomic E-state index is 14.2. The fourth-order valence-corrected chi connectivity index (χ4v) is 4.45. The van der Waals surface area contributed by atoms with Gasteiger partial charge in [-0.3, -0.25) is 4.79 Å². The van der Waals surface area contributed by atoms with E-state index in [2.05, 4.69) is 14.6 Å². The predicted octanol–water partition coefficient (Wildman–Crippen LogP) is 2.27. The van der Waals surface area contributed by atoms with Crippen molar-refractivity contribution >= 4 is 27.5 Å². The lowest BCUT2D eigenvalue weighted by Gasteiger charge is -2.44. The number of hydrogen-bond donors (Lipinski definition) is 1. The zero-order valence-corrected chi connectivity index (χ0v) is 13.7. The summed E-state index contributed by atoms with van der Waals surface area (Å²) in [5.41, 5.74) is 0.308. The van der Waals surface area contributed by atoms with E-state index >= 15 is 0 Å². The number of carbonyl (C=O) groups is 1. The van der Waals surface area contributed by atoms with E-state index in [1.807, 2.05) is 0 Å². The molecule has 0 radical (unpaired) electrons. The highest BCUT2D eigenvalue weighted by Gasteiger charge is 2.35. The van der Waals surface area contributed by atoms with Crippen LogP contribution in [0.15, 0.2) is 12.1 Å². The Labute approximate surface area is 137 Å². The highest BCUT2D eigenvalue weighted by Crippen LogP contribution is 2.32. The van der Waals surface area contributed by atoms with Crippen LogP contribution >= 0.6 is 11.5 Å². The van der Waals surface area contributed by atoms with Crippen LogP contribution in [0.3, 0.4) is 0 Å². The molecule has 3 fully saturated rings. The quantitative estimate of drug-likeness (QED) is 0.935. The van der Waals surface area contributed by atoms with E-state index in [1.54, 1.807) is 6.07 Å². The average Bonchev–Trinajstić information content (AvgIpc) is 3.01. The summed E-state index contributed by atoms with van der Waals surface area (Å²) in [7, 11) is 1.42. The van der Waals surface area contributed by atoms with Gasteiger partial charge in [-0.2, -0.15) is 4.37 Å². The number of carbonyl (C=O) groups excluding carboxylic acids is 1. The fraction of sp³-hybridized carbons (Fsp3) is 0.500. The first-order valence-corrected chi connectivity index (χ1v) is 8.60. The van der Waals surface area contributed by atoms with E-state index in [1.165, 1.54) is 13.2 Å². The first kappa shape index (κ1) is 14.8. The minimum Gasteiger partial charge on any atom is -0.494 e. The second-order valence-electron chi connectivity index (χ2n) is 6.21. The van der Waals surface area contributed by atoms with Gasteiger partial charge < -0.3 is 15.0 Å². The molecule has 1 N–H and O–H groups in total. The van der Waals surface area contributed by atoms with Crippen LogP contribution in [-0.2, 0) is 0 Å². The third kappa shape index (κ3) is 2.48. The molecule has 5 nitrogen and oxygen atoms in total. The Morgan fingerprint density at radius 3 is 2.87 bits per heavy atom. The third-order valence-corrected chi connectivity index (χ3v) is 5.81. The molecule has 0 aliphatic carbocycles. The van der Waals surface area contributed by atoms with Crippen LogP contribution in [0.4, 0.5) is 4.39 Å². The highest BCUT2D eigenvalue weighted by atomic mass is 32.1. The molecule has 3 saturated heterocycles. The summed E-state index contributed by atoms with van der Waals surface area (Å²) in [5, 5.41) is 3.65. The number of piperidine rings is 3. The van der Waals surface area contributed by atoms with Crippen molar-refractivity contribution < 1.29 is 13.9 Å². The number of methoxy groups -OCH3 is 1. The largest absolute Gasteiger partial charge is 0.494 e. The van der Waals surface area contributed by atoms with Crippen LogP contribution < -0.4 is 10.1 Å². The number of ether oxygens (including phenoxy) is 1. The molecule has 1 aromatic heterocycles. The molecule has 1 amide bonds. The Bertz CT molecular complexity index is 755. The number of rotatable bonds is 3. The van der Waals surface area contributed by atoms with E-state index in [-0.39, 0.29) is 17.7 Å². The number of halogens is 1. The zero-order valence-electron chi connectivity index (χ0n) is 12.8. The molecule has 3 aliphatic rings. The molecule has 2 bridgehead atoms. The number of nitrogens with zero attached hydrogens (tertiary/aromatic N) is 2. The first-order valence-electron chi connectivity index (χ1n) is 7.82. The Morgan fingerprint density at radius 2 is 2.22 bits per heavy atom. The van der Waals surface area contributed by atoms with E-state index in [0.29, 0.717) is 21.7 Å². The van der Waals surface area contributed by atoms with Gasteiger partial charge in [-0.25, -0.2) is 4.39 Å². The number of benzene rings is 1. The maximum atomic E-state index is 14.2. The van der Waals surface area contributed by atoms with Crippen molar-refractivity contribution in [3.05, 3.63) is 23.6 Å². The SMILES string of the molecule is COc1ccc2c(C(=O)N[C@@H]3CN4CCC3CC4)nsc2c1F. The molecule has 5 rings (SSSR count). The number of fused-ring (bicyclic) bond motifs is 4. The van der Waals surface area contributed by atoms with Crippen LogP contribution in [0.2, 0.25) is 0 Å². The number of aromatic nitrogens is 1. The topological polar surface area (TPSA) is 54.5 Å². The van der Waals surface area contributed by atoms with Crippen LogP contribution in [0.25, 0.3) is 10.1 Å². The van der Waals surface area contributed by atoms with Crippen molar-refractivity contribution in [3.8, 4) is 5.75 Å². The van der Waals surface area contributed by atoms with Gasteiger partial charge in [0.15, 0.2) is 11.6 Å². The Balaban J connectivity index is 1.59. The van der Waals surface area contributed by atoms with Crippen molar-refractivity contribution in [2.24, 2.45) is 5.92 Å². The molecule has 7 heteroatoms. The van der Waals surface area contributed by atoms with Gasteiger partial charge in [-0.15, -0.1) is 0 Å². The lowest BCUT2D eigenvalue weighted by Crippen LogP contribution is -2.57. The minimum atomic E-state index is -0.454. The fourth-order valence-electron chi connectivity index (χ4n) is 3.64. The predicted molar refractivity (Wildman–Crippen MR) is 86.5 cm³/mol. The Kier molecular flexibility index (Phi) is 3.69. The van der Waals surface area contributed by atoms with E-state index in [0.717, 1.165) is 44.0 Å². The second kappa shape index (κ2) is 5.72. The summed E-state index contributed by atoms with van der Waals surface area (Å²) in [4.78, 5) is 15.0. The van der Waals surface area contributed by atoms with Crippen molar-refractivity contribution in [2.45, 2.75) is 18.9 Å². The van der Waals surface area contributed by atoms with Crippen molar-refractivity contribution in [1.29, 1.82) is 0 Å². The summed E-state index contributed by atoms with van der Waals surface area (Å²) in [6.07, 6.45) is 2.27. The highest BCUT2D eigenvalue weighted by molar-refractivity contribution is 7.13. The van der Waals surface area contributed by atoms with Crippen LogP contribution in [0.1, 0.15) is 23.3 Å². The molecule has 122 valence electrons. The first-order chi connectivity index (χ1) is 11.2. The van der Waals surface area contributed by atoms with Gasteiger partial charge in [-0.1, -0.05) is 0 Å². The van der Waals surface area contributed by atoms with Gasteiger partial charge in [0.05, 0.1) is 11.8 Å². The van der Waals surface area contributed by atoms with Gasteiger partial charge in [0, 0.05) is 18.0 Å². The molecule has 4 heterocycles. The van der Waals surface area contributed by atoms with Gasteiger partial charge in [-0.05, 0) is 55.5 Å². The number of hydrogen-bond acceptors (Lipinski definition) is 5. The standard InChI is InChI=1S/C16H18FN3O2S/c1-22-12-3-2-10-14(19-23-15(10)13(12)17)16(21)18-11-8-20-6-4-9(11)5-7-20/h2-3,9,11H,4-8H2,1H3,(H,18,21)/t11-/m1/s1. The second-order valence-corrected chi connectivity index (χ2v) is 6.98. The van der Waals surface area contributed by atoms with E-state index < -0.39 is 5.82 Å². The molecular formula is C16H18FN3O2S. The van der Waals surface area contributed by atoms with Crippen LogP contribution in [0, 0.1) is 11.7 Å². The van der Waals surface area contributed by atoms with Gasteiger partial charge >= 0.3 is 0 Å². The molecule has 23 heavy (non-hydrogen) atoms. The summed E-state index contributed by atoms with van der Waals surface area (Å²) < 4.78 is 23.8. The average molecular weight is 335 g/mol. The normalized spacial score (nSPS) is 26.4.